The third-order valence-corrected chi connectivity index (χ3v) is 3.97. The molecule has 13 heavy (non-hydrogen) atoms. The molecule has 0 N–H and O–H groups in total. The van der Waals surface area contributed by atoms with Gasteiger partial charge in [-0.3, -0.25) is 0 Å². The summed E-state index contributed by atoms with van der Waals surface area (Å²) >= 11 is 0. The number of fused-ring (bicyclic) bond motifs is 1. The van der Waals surface area contributed by atoms with Crippen LogP contribution in [0.2, 0.25) is 0 Å². The van der Waals surface area contributed by atoms with E-state index in [0.29, 0.717) is 11.3 Å². The Morgan fingerprint density at radius 3 is 2.77 bits per heavy atom. The second-order valence-electron chi connectivity index (χ2n) is 4.89. The van der Waals surface area contributed by atoms with Gasteiger partial charge in [0.1, 0.15) is 6.10 Å². The van der Waals surface area contributed by atoms with Crippen LogP contribution in [0.4, 0.5) is 0 Å². The predicted molar refractivity (Wildman–Crippen MR) is 54.2 cm³/mol. The van der Waals surface area contributed by atoms with Crippen LogP contribution in [-0.4, -0.2) is 6.10 Å². The first-order chi connectivity index (χ1) is 6.07. The minimum atomic E-state index is 0.275. The minimum Gasteiger partial charge on any atom is -0.494 e. The van der Waals surface area contributed by atoms with E-state index in [-0.39, 0.29) is 6.10 Å². The summed E-state index contributed by atoms with van der Waals surface area (Å²) in [5, 5.41) is 0. The SMILES string of the molecule is C=CO[C@H]1C=C(C)[C@@H]2C[C@H]1C2(C)C. The van der Waals surface area contributed by atoms with Crippen molar-refractivity contribution < 1.29 is 4.74 Å². The molecule has 0 radical (unpaired) electrons. The van der Waals surface area contributed by atoms with E-state index >= 15 is 0 Å². The average Bonchev–Trinajstić information content (AvgIpc) is 2.03. The van der Waals surface area contributed by atoms with Crippen LogP contribution in [0.3, 0.4) is 0 Å². The zero-order valence-corrected chi connectivity index (χ0v) is 8.71. The zero-order chi connectivity index (χ0) is 9.64. The van der Waals surface area contributed by atoms with Gasteiger partial charge >= 0.3 is 0 Å². The Morgan fingerprint density at radius 1 is 1.62 bits per heavy atom. The first-order valence-electron chi connectivity index (χ1n) is 5.02. The fraction of sp³-hybridized carbons (Fsp3) is 0.667. The number of hydrogen-bond donors (Lipinski definition) is 0. The maximum absolute atomic E-state index is 5.53. The Morgan fingerprint density at radius 2 is 2.31 bits per heavy atom. The smallest absolute Gasteiger partial charge is 0.119 e. The molecule has 0 aromatic rings. The molecule has 0 unspecified atom stereocenters. The van der Waals surface area contributed by atoms with Crippen molar-refractivity contribution in [3.63, 3.8) is 0 Å². The van der Waals surface area contributed by atoms with Crippen molar-refractivity contribution in [2.24, 2.45) is 17.3 Å². The highest BCUT2D eigenvalue weighted by Crippen LogP contribution is 2.59. The number of allylic oxidation sites excluding steroid dienone is 1. The summed E-state index contributed by atoms with van der Waals surface area (Å²) in [6.07, 6.45) is 5.42. The van der Waals surface area contributed by atoms with Gasteiger partial charge in [-0.1, -0.05) is 26.0 Å². The first kappa shape index (κ1) is 8.86. The monoisotopic (exact) mass is 178 g/mol. The lowest BCUT2D eigenvalue weighted by Crippen LogP contribution is -2.54. The summed E-state index contributed by atoms with van der Waals surface area (Å²) in [5.74, 6) is 1.49. The molecule has 72 valence electrons. The van der Waals surface area contributed by atoms with Gasteiger partial charge in [-0.25, -0.2) is 0 Å². The summed E-state index contributed by atoms with van der Waals surface area (Å²) in [6.45, 7) is 10.5. The first-order valence-corrected chi connectivity index (χ1v) is 5.02. The van der Waals surface area contributed by atoms with E-state index in [4.69, 9.17) is 4.74 Å². The van der Waals surface area contributed by atoms with Gasteiger partial charge in [0, 0.05) is 5.92 Å². The quantitative estimate of drug-likeness (QED) is 0.466. The standard InChI is InChI=1S/C12H18O/c1-5-13-11-6-8(2)9-7-10(11)12(9,3)4/h5-6,9-11H,1,7H2,2-4H3/t9-,10+,11-/m0/s1. The molecular weight excluding hydrogens is 160 g/mol. The molecule has 3 rings (SSSR count). The van der Waals surface area contributed by atoms with E-state index < -0.39 is 0 Å². The van der Waals surface area contributed by atoms with Crippen LogP contribution >= 0.6 is 0 Å². The molecule has 0 heterocycles. The van der Waals surface area contributed by atoms with Crippen molar-refractivity contribution in [1.29, 1.82) is 0 Å². The molecule has 1 nitrogen and oxygen atoms in total. The van der Waals surface area contributed by atoms with E-state index in [9.17, 15) is 0 Å². The van der Waals surface area contributed by atoms with Gasteiger partial charge in [0.2, 0.25) is 0 Å². The molecule has 0 amide bonds. The van der Waals surface area contributed by atoms with Crippen molar-refractivity contribution in [3.05, 3.63) is 24.5 Å². The summed E-state index contributed by atoms with van der Waals surface area (Å²) in [7, 11) is 0. The molecule has 3 aliphatic rings. The van der Waals surface area contributed by atoms with Gasteiger partial charge < -0.3 is 4.74 Å². The van der Waals surface area contributed by atoms with Crippen LogP contribution < -0.4 is 0 Å². The van der Waals surface area contributed by atoms with Gasteiger partial charge in [-0.05, 0) is 30.8 Å². The summed E-state index contributed by atoms with van der Waals surface area (Å²) < 4.78 is 5.53. The van der Waals surface area contributed by atoms with Gasteiger partial charge in [0.15, 0.2) is 0 Å². The highest BCUT2D eigenvalue weighted by Gasteiger charge is 2.54. The maximum atomic E-state index is 5.53. The normalized spacial score (nSPS) is 40.2. The average molecular weight is 178 g/mol. The lowest BCUT2D eigenvalue weighted by molar-refractivity contribution is -0.0800. The molecule has 0 aliphatic heterocycles. The molecular formula is C12H18O. The van der Waals surface area contributed by atoms with Crippen LogP contribution in [0.5, 0.6) is 0 Å². The Balaban J connectivity index is 2.24. The van der Waals surface area contributed by atoms with E-state index in [1.165, 1.54) is 12.0 Å². The third-order valence-electron chi connectivity index (χ3n) is 3.97. The van der Waals surface area contributed by atoms with Gasteiger partial charge in [-0.2, -0.15) is 0 Å². The van der Waals surface area contributed by atoms with Gasteiger partial charge in [0.05, 0.1) is 6.26 Å². The summed E-state index contributed by atoms with van der Waals surface area (Å²) in [4.78, 5) is 0. The minimum absolute atomic E-state index is 0.275. The molecule has 0 saturated heterocycles. The number of ether oxygens (including phenoxy) is 1. The van der Waals surface area contributed by atoms with Crippen LogP contribution in [0, 0.1) is 17.3 Å². The lowest BCUT2D eigenvalue weighted by Gasteiger charge is -2.58. The van der Waals surface area contributed by atoms with Crippen LogP contribution in [0.15, 0.2) is 24.5 Å². The number of hydrogen-bond acceptors (Lipinski definition) is 1. The van der Waals surface area contributed by atoms with Gasteiger partial charge in [-0.15, -0.1) is 0 Å². The fourth-order valence-corrected chi connectivity index (χ4v) is 3.03. The van der Waals surface area contributed by atoms with Crippen molar-refractivity contribution in [2.75, 3.05) is 0 Å². The van der Waals surface area contributed by atoms with Gasteiger partial charge in [0.25, 0.3) is 0 Å². The predicted octanol–water partition coefficient (Wildman–Crippen LogP) is 3.14. The van der Waals surface area contributed by atoms with Crippen molar-refractivity contribution in [3.8, 4) is 0 Å². The highest BCUT2D eigenvalue weighted by molar-refractivity contribution is 5.25. The van der Waals surface area contributed by atoms with Crippen LogP contribution in [0.1, 0.15) is 27.2 Å². The zero-order valence-electron chi connectivity index (χ0n) is 8.71. The molecule has 1 saturated carbocycles. The van der Waals surface area contributed by atoms with Crippen LogP contribution in [-0.2, 0) is 4.74 Å². The second kappa shape index (κ2) is 2.63. The molecule has 1 fully saturated rings. The topological polar surface area (TPSA) is 9.23 Å². The molecule has 3 atom stereocenters. The molecule has 0 spiro atoms. The maximum Gasteiger partial charge on any atom is 0.119 e. The Hall–Kier alpha value is -0.720. The lowest BCUT2D eigenvalue weighted by atomic mass is 9.48. The van der Waals surface area contributed by atoms with Crippen molar-refractivity contribution >= 4 is 0 Å². The van der Waals surface area contributed by atoms with E-state index in [2.05, 4.69) is 33.4 Å². The Bertz CT molecular complexity index is 262. The summed E-state index contributed by atoms with van der Waals surface area (Å²) in [5.41, 5.74) is 1.94. The Kier molecular flexibility index (Phi) is 1.79. The molecule has 2 bridgehead atoms. The molecule has 1 heteroatoms. The van der Waals surface area contributed by atoms with Crippen LogP contribution in [0.25, 0.3) is 0 Å². The second-order valence-corrected chi connectivity index (χ2v) is 4.89. The summed E-state index contributed by atoms with van der Waals surface area (Å²) in [6, 6.07) is 0. The third kappa shape index (κ3) is 1.06. The largest absolute Gasteiger partial charge is 0.494 e. The number of rotatable bonds is 2. The molecule has 0 aromatic carbocycles. The molecule has 3 aliphatic carbocycles. The van der Waals surface area contributed by atoms with Crippen molar-refractivity contribution in [1.82, 2.24) is 0 Å². The molecule has 0 aromatic heterocycles. The fourth-order valence-electron chi connectivity index (χ4n) is 3.03. The van der Waals surface area contributed by atoms with E-state index in [1.54, 1.807) is 6.26 Å². The van der Waals surface area contributed by atoms with Crippen molar-refractivity contribution in [2.45, 2.75) is 33.3 Å². The van der Waals surface area contributed by atoms with E-state index in [1.807, 2.05) is 0 Å². The van der Waals surface area contributed by atoms with E-state index in [0.717, 1.165) is 5.92 Å². The highest BCUT2D eigenvalue weighted by atomic mass is 16.5. The Labute approximate surface area is 80.5 Å².